The summed E-state index contributed by atoms with van der Waals surface area (Å²) in [6, 6.07) is 6.24. The Kier molecular flexibility index (Phi) is 4.07. The van der Waals surface area contributed by atoms with Gasteiger partial charge in [-0.2, -0.15) is 0 Å². The van der Waals surface area contributed by atoms with Crippen molar-refractivity contribution < 1.29 is 9.53 Å². The number of hydrogen-bond donors (Lipinski definition) is 1. The summed E-state index contributed by atoms with van der Waals surface area (Å²) in [5.74, 6) is 0.219. The normalized spacial score (nSPS) is 21.8. The molecule has 27 heavy (non-hydrogen) atoms. The molecule has 0 spiro atoms. The van der Waals surface area contributed by atoms with Gasteiger partial charge in [-0.15, -0.1) is 10.2 Å². The van der Waals surface area contributed by atoms with Gasteiger partial charge >= 0.3 is 0 Å². The van der Waals surface area contributed by atoms with E-state index in [-0.39, 0.29) is 12.0 Å². The van der Waals surface area contributed by atoms with E-state index in [0.29, 0.717) is 18.5 Å². The van der Waals surface area contributed by atoms with Crippen molar-refractivity contribution in [3.05, 3.63) is 29.4 Å². The van der Waals surface area contributed by atoms with Crippen LogP contribution in [0.2, 0.25) is 0 Å². The molecule has 2 atom stereocenters. The number of amides is 1. The maximum absolute atomic E-state index is 12.4. The highest BCUT2D eigenvalue weighted by molar-refractivity contribution is 7.14. The summed E-state index contributed by atoms with van der Waals surface area (Å²) in [7, 11) is 0. The highest BCUT2D eigenvalue weighted by atomic mass is 32.1. The number of carbonyl (C=O) groups is 1. The van der Waals surface area contributed by atoms with E-state index in [1.54, 1.807) is 6.20 Å². The molecule has 1 aromatic carbocycles. The molecule has 3 aromatic rings. The molecule has 2 fully saturated rings. The van der Waals surface area contributed by atoms with Crippen LogP contribution < -0.4 is 5.32 Å². The van der Waals surface area contributed by atoms with E-state index in [9.17, 15) is 4.79 Å². The van der Waals surface area contributed by atoms with Gasteiger partial charge in [0.2, 0.25) is 11.9 Å². The molecule has 2 aliphatic rings. The van der Waals surface area contributed by atoms with Gasteiger partial charge in [-0.25, -0.2) is 9.97 Å². The lowest BCUT2D eigenvalue weighted by atomic mass is 10.1. The van der Waals surface area contributed by atoms with Gasteiger partial charge in [0.25, 0.3) is 0 Å². The number of fused-ring (bicyclic) bond motifs is 3. The van der Waals surface area contributed by atoms with Crippen LogP contribution in [0.4, 0.5) is 5.95 Å². The molecule has 0 saturated carbocycles. The Labute approximate surface area is 159 Å². The number of rotatable bonds is 4. The first-order chi connectivity index (χ1) is 13.1. The van der Waals surface area contributed by atoms with Crippen molar-refractivity contribution in [2.75, 3.05) is 25.0 Å². The highest BCUT2D eigenvalue weighted by Crippen LogP contribution is 2.28. The first-order valence-electron chi connectivity index (χ1n) is 8.87. The van der Waals surface area contributed by atoms with Crippen LogP contribution in [0.25, 0.3) is 21.5 Å². The number of carbonyl (C=O) groups excluding carboxylic acids is 1. The molecule has 4 heterocycles. The largest absolute Gasteiger partial charge is 0.375 e. The van der Waals surface area contributed by atoms with Gasteiger partial charge in [-0.3, -0.25) is 15.0 Å². The summed E-state index contributed by atoms with van der Waals surface area (Å²) in [6.45, 7) is 3.81. The molecular weight excluding hydrogens is 364 g/mol. The van der Waals surface area contributed by atoms with Crippen LogP contribution in [-0.2, 0) is 9.53 Å². The fourth-order valence-corrected chi connectivity index (χ4v) is 4.34. The fraction of sp³-hybridized carbons (Fsp3) is 0.389. The molecule has 2 saturated heterocycles. The third-order valence-electron chi connectivity index (χ3n) is 4.97. The third kappa shape index (κ3) is 3.29. The predicted octanol–water partition coefficient (Wildman–Crippen LogP) is 1.87. The Hall–Kier alpha value is -2.49. The molecular formula is C18H18N6O2S. The number of hydrogen-bond acceptors (Lipinski definition) is 8. The lowest BCUT2D eigenvalue weighted by molar-refractivity contribution is -0.118. The zero-order chi connectivity index (χ0) is 18.4. The Morgan fingerprint density at radius 3 is 3.07 bits per heavy atom. The number of morpholine rings is 1. The number of ether oxygens (including phenoxy) is 1. The average molecular weight is 382 g/mol. The lowest BCUT2D eigenvalue weighted by Gasteiger charge is -2.25. The Morgan fingerprint density at radius 2 is 2.33 bits per heavy atom. The number of aromatic nitrogens is 4. The standard InChI is InChI=1S/C18H18N6O2S/c1-10-22-23-17(27-10)11-2-3-12-6-19-18(20-15(12)4-11)21-16(25)8-24-7-14-5-13(24)9-26-14/h2-4,6,13-14H,5,7-9H2,1H3,(H,19,20,21,25)/t13-,14-/m1/s1. The van der Waals surface area contributed by atoms with Crippen molar-refractivity contribution in [2.24, 2.45) is 0 Å². The van der Waals surface area contributed by atoms with E-state index < -0.39 is 0 Å². The molecule has 138 valence electrons. The molecule has 5 rings (SSSR count). The van der Waals surface area contributed by atoms with Gasteiger partial charge in [0.15, 0.2) is 0 Å². The number of benzene rings is 1. The van der Waals surface area contributed by atoms with Crippen LogP contribution in [-0.4, -0.2) is 62.8 Å². The van der Waals surface area contributed by atoms with Crippen LogP contribution in [0, 0.1) is 6.92 Å². The summed E-state index contributed by atoms with van der Waals surface area (Å²) < 4.78 is 5.57. The van der Waals surface area contributed by atoms with Crippen molar-refractivity contribution in [1.82, 2.24) is 25.1 Å². The van der Waals surface area contributed by atoms with Gasteiger partial charge in [0, 0.05) is 29.7 Å². The quantitative estimate of drug-likeness (QED) is 0.736. The zero-order valence-corrected chi connectivity index (χ0v) is 15.6. The molecule has 2 bridgehead atoms. The first-order valence-corrected chi connectivity index (χ1v) is 9.68. The maximum atomic E-state index is 12.4. The van der Waals surface area contributed by atoms with E-state index in [2.05, 4.69) is 30.4 Å². The summed E-state index contributed by atoms with van der Waals surface area (Å²) in [5, 5.41) is 13.7. The van der Waals surface area contributed by atoms with Gasteiger partial charge in [0.05, 0.1) is 24.8 Å². The molecule has 2 aliphatic heterocycles. The minimum atomic E-state index is -0.0993. The second-order valence-corrected chi connectivity index (χ2v) is 8.10. The molecule has 9 heteroatoms. The number of anilines is 1. The topological polar surface area (TPSA) is 93.1 Å². The fourth-order valence-electron chi connectivity index (χ4n) is 3.65. The molecule has 0 aliphatic carbocycles. The second-order valence-electron chi connectivity index (χ2n) is 6.92. The van der Waals surface area contributed by atoms with Crippen molar-refractivity contribution in [3.8, 4) is 10.6 Å². The van der Waals surface area contributed by atoms with Gasteiger partial charge < -0.3 is 4.74 Å². The van der Waals surface area contributed by atoms with Crippen LogP contribution in [0.1, 0.15) is 11.4 Å². The van der Waals surface area contributed by atoms with Crippen molar-refractivity contribution in [1.29, 1.82) is 0 Å². The lowest BCUT2D eigenvalue weighted by Crippen LogP contribution is -2.42. The van der Waals surface area contributed by atoms with Crippen molar-refractivity contribution >= 4 is 34.1 Å². The number of aryl methyl sites for hydroxylation is 1. The molecule has 1 N–H and O–H groups in total. The van der Waals surface area contributed by atoms with E-state index in [1.165, 1.54) is 11.3 Å². The zero-order valence-electron chi connectivity index (χ0n) is 14.8. The van der Waals surface area contributed by atoms with Crippen molar-refractivity contribution in [2.45, 2.75) is 25.5 Å². The van der Waals surface area contributed by atoms with Gasteiger partial charge in [-0.05, 0) is 19.4 Å². The van der Waals surface area contributed by atoms with E-state index in [1.807, 2.05) is 25.1 Å². The maximum Gasteiger partial charge on any atom is 0.240 e. The predicted molar refractivity (Wildman–Crippen MR) is 102 cm³/mol. The number of nitrogens with one attached hydrogen (secondary N) is 1. The summed E-state index contributed by atoms with van der Waals surface area (Å²) in [6.07, 6.45) is 3.02. The van der Waals surface area contributed by atoms with Crippen LogP contribution in [0.3, 0.4) is 0 Å². The molecule has 8 nitrogen and oxygen atoms in total. The Balaban J connectivity index is 1.33. The van der Waals surface area contributed by atoms with Crippen LogP contribution in [0.5, 0.6) is 0 Å². The third-order valence-corrected chi connectivity index (χ3v) is 5.86. The SMILES string of the molecule is Cc1nnc(-c2ccc3cnc(NC(=O)CN4C[C@H]5C[C@@H]4CO5)nc3c2)s1. The monoisotopic (exact) mass is 382 g/mol. The van der Waals surface area contributed by atoms with E-state index >= 15 is 0 Å². The van der Waals surface area contributed by atoms with E-state index in [4.69, 9.17) is 4.74 Å². The van der Waals surface area contributed by atoms with Gasteiger partial charge in [0.1, 0.15) is 10.0 Å². The van der Waals surface area contributed by atoms with Crippen LogP contribution in [0.15, 0.2) is 24.4 Å². The Bertz CT molecular complexity index is 1020. The Morgan fingerprint density at radius 1 is 1.41 bits per heavy atom. The van der Waals surface area contributed by atoms with Crippen LogP contribution >= 0.6 is 11.3 Å². The minimum absolute atomic E-state index is 0.0993. The highest BCUT2D eigenvalue weighted by Gasteiger charge is 2.39. The van der Waals surface area contributed by atoms with E-state index in [0.717, 1.165) is 46.1 Å². The summed E-state index contributed by atoms with van der Waals surface area (Å²) in [5.41, 5.74) is 1.72. The molecule has 1 amide bonds. The number of nitrogens with zero attached hydrogens (tertiary/aromatic N) is 5. The summed E-state index contributed by atoms with van der Waals surface area (Å²) in [4.78, 5) is 23.3. The summed E-state index contributed by atoms with van der Waals surface area (Å²) >= 11 is 1.54. The molecule has 2 aromatic heterocycles. The minimum Gasteiger partial charge on any atom is -0.375 e. The van der Waals surface area contributed by atoms with Crippen molar-refractivity contribution in [3.63, 3.8) is 0 Å². The average Bonchev–Trinajstić information content (AvgIpc) is 3.38. The molecule has 0 radical (unpaired) electrons. The number of likely N-dealkylation sites (tertiary alicyclic amines) is 1. The second kappa shape index (κ2) is 6.59. The smallest absolute Gasteiger partial charge is 0.240 e. The van der Waals surface area contributed by atoms with Gasteiger partial charge in [-0.1, -0.05) is 23.5 Å². The first kappa shape index (κ1) is 16.7. The molecule has 0 unspecified atom stereocenters.